The van der Waals surface area contributed by atoms with E-state index in [1.165, 1.54) is 11.2 Å². The van der Waals surface area contributed by atoms with Crippen LogP contribution in [0.25, 0.3) is 0 Å². The molecule has 0 spiro atoms. The predicted molar refractivity (Wildman–Crippen MR) is 76.7 cm³/mol. The van der Waals surface area contributed by atoms with Gasteiger partial charge >= 0.3 is 5.97 Å². The largest absolute Gasteiger partial charge is 0.478 e. The van der Waals surface area contributed by atoms with E-state index in [0.717, 1.165) is 19.3 Å². The van der Waals surface area contributed by atoms with Crippen molar-refractivity contribution in [1.29, 1.82) is 0 Å². The van der Waals surface area contributed by atoms with E-state index in [9.17, 15) is 18.3 Å². The summed E-state index contributed by atoms with van der Waals surface area (Å²) < 4.78 is 26.9. The molecule has 1 aromatic heterocycles. The molecule has 0 bridgehead atoms. The summed E-state index contributed by atoms with van der Waals surface area (Å²) in [6.07, 6.45) is 2.38. The quantitative estimate of drug-likeness (QED) is 0.795. The molecular formula is C13H21N3O4S. The first-order valence-corrected chi connectivity index (χ1v) is 8.49. The van der Waals surface area contributed by atoms with Gasteiger partial charge in [-0.1, -0.05) is 13.8 Å². The Balaban J connectivity index is 2.37. The maximum absolute atomic E-state index is 12.7. The summed E-state index contributed by atoms with van der Waals surface area (Å²) in [5.74, 6) is -0.902. The van der Waals surface area contributed by atoms with Crippen LogP contribution in [-0.4, -0.2) is 46.6 Å². The molecule has 0 unspecified atom stereocenters. The minimum Gasteiger partial charge on any atom is -0.478 e. The Morgan fingerprint density at radius 1 is 1.48 bits per heavy atom. The van der Waals surface area contributed by atoms with Crippen LogP contribution >= 0.6 is 0 Å². The van der Waals surface area contributed by atoms with E-state index >= 15 is 0 Å². The summed E-state index contributed by atoms with van der Waals surface area (Å²) in [6, 6.07) is -0.0209. The average molecular weight is 315 g/mol. The van der Waals surface area contributed by atoms with Crippen LogP contribution in [0.5, 0.6) is 0 Å². The standard InChI is InChI=1S/C13H21N3O4S/c1-8(2)6-7-16(10-4-5-10)21(19,20)12-11(13(17)18)9(3)14-15-12/h8,10H,4-7H2,1-3H3,(H,14,15)(H,17,18). The average Bonchev–Trinajstić information content (AvgIpc) is 3.10. The van der Waals surface area contributed by atoms with E-state index in [1.54, 1.807) is 0 Å². The zero-order valence-corrected chi connectivity index (χ0v) is 13.3. The Kier molecular flexibility index (Phi) is 4.38. The second-order valence-corrected chi connectivity index (χ2v) is 7.67. The molecule has 0 aromatic carbocycles. The van der Waals surface area contributed by atoms with Crippen LogP contribution in [-0.2, 0) is 10.0 Å². The van der Waals surface area contributed by atoms with Crippen molar-refractivity contribution in [3.8, 4) is 0 Å². The van der Waals surface area contributed by atoms with Crippen LogP contribution < -0.4 is 0 Å². The highest BCUT2D eigenvalue weighted by Gasteiger charge is 2.41. The van der Waals surface area contributed by atoms with Crippen molar-refractivity contribution in [2.75, 3.05) is 6.54 Å². The highest BCUT2D eigenvalue weighted by atomic mass is 32.2. The van der Waals surface area contributed by atoms with E-state index in [-0.39, 0.29) is 22.3 Å². The normalized spacial score (nSPS) is 15.9. The third-order valence-corrected chi connectivity index (χ3v) is 5.44. The van der Waals surface area contributed by atoms with E-state index < -0.39 is 16.0 Å². The lowest BCUT2D eigenvalue weighted by Crippen LogP contribution is -2.35. The number of nitrogens with zero attached hydrogens (tertiary/aromatic N) is 2. The van der Waals surface area contributed by atoms with Gasteiger partial charge in [-0.15, -0.1) is 0 Å². The fraction of sp³-hybridized carbons (Fsp3) is 0.692. The molecule has 1 aliphatic carbocycles. The second kappa shape index (κ2) is 5.76. The Hall–Kier alpha value is -1.41. The number of rotatable bonds is 7. The zero-order valence-electron chi connectivity index (χ0n) is 12.5. The fourth-order valence-electron chi connectivity index (χ4n) is 2.20. The zero-order chi connectivity index (χ0) is 15.8. The fourth-order valence-corrected chi connectivity index (χ4v) is 4.03. The highest BCUT2D eigenvalue weighted by molar-refractivity contribution is 7.89. The van der Waals surface area contributed by atoms with Gasteiger partial charge in [0.2, 0.25) is 5.03 Å². The number of hydrogen-bond donors (Lipinski definition) is 2. The van der Waals surface area contributed by atoms with Gasteiger partial charge < -0.3 is 5.11 Å². The summed E-state index contributed by atoms with van der Waals surface area (Å²) in [4.78, 5) is 11.3. The van der Waals surface area contributed by atoms with Gasteiger partial charge in [-0.2, -0.15) is 9.40 Å². The smallest absolute Gasteiger partial charge is 0.340 e. The molecule has 1 aliphatic rings. The number of sulfonamides is 1. The molecule has 21 heavy (non-hydrogen) atoms. The van der Waals surface area contributed by atoms with Gasteiger partial charge in [0.25, 0.3) is 10.0 Å². The van der Waals surface area contributed by atoms with Gasteiger partial charge in [0.15, 0.2) is 0 Å². The van der Waals surface area contributed by atoms with Crippen molar-refractivity contribution in [2.45, 2.75) is 51.1 Å². The number of aromatic carboxylic acids is 1. The number of H-pyrrole nitrogens is 1. The topological polar surface area (TPSA) is 103 Å². The van der Waals surface area contributed by atoms with Crippen LogP contribution in [0, 0.1) is 12.8 Å². The first kappa shape index (κ1) is 16.0. The monoisotopic (exact) mass is 315 g/mol. The molecular weight excluding hydrogens is 294 g/mol. The van der Waals surface area contributed by atoms with E-state index in [0.29, 0.717) is 12.5 Å². The molecule has 1 saturated carbocycles. The minimum atomic E-state index is -3.88. The Labute approximate surface area is 124 Å². The molecule has 8 heteroatoms. The van der Waals surface area contributed by atoms with Crippen molar-refractivity contribution in [3.63, 3.8) is 0 Å². The number of aromatic nitrogens is 2. The number of carbonyl (C=O) groups is 1. The molecule has 0 atom stereocenters. The molecule has 2 N–H and O–H groups in total. The van der Waals surface area contributed by atoms with Gasteiger partial charge in [-0.05, 0) is 32.1 Å². The summed E-state index contributed by atoms with van der Waals surface area (Å²) >= 11 is 0. The van der Waals surface area contributed by atoms with Crippen molar-refractivity contribution in [3.05, 3.63) is 11.3 Å². The highest BCUT2D eigenvalue weighted by Crippen LogP contribution is 2.33. The third-order valence-electron chi connectivity index (χ3n) is 3.56. The van der Waals surface area contributed by atoms with Crippen LogP contribution in [0.2, 0.25) is 0 Å². The molecule has 0 amide bonds. The number of hydrogen-bond acceptors (Lipinski definition) is 4. The van der Waals surface area contributed by atoms with E-state index in [4.69, 9.17) is 0 Å². The van der Waals surface area contributed by atoms with Gasteiger partial charge in [-0.3, -0.25) is 5.10 Å². The van der Waals surface area contributed by atoms with Crippen molar-refractivity contribution >= 4 is 16.0 Å². The Morgan fingerprint density at radius 2 is 2.10 bits per heavy atom. The number of carboxylic acids is 1. The van der Waals surface area contributed by atoms with Gasteiger partial charge in [0.1, 0.15) is 5.56 Å². The summed E-state index contributed by atoms with van der Waals surface area (Å²) in [6.45, 7) is 5.96. The first-order chi connectivity index (χ1) is 9.75. The van der Waals surface area contributed by atoms with Crippen LogP contribution in [0.3, 0.4) is 0 Å². The van der Waals surface area contributed by atoms with E-state index in [2.05, 4.69) is 10.2 Å². The first-order valence-electron chi connectivity index (χ1n) is 7.05. The van der Waals surface area contributed by atoms with Crippen molar-refractivity contribution in [1.82, 2.24) is 14.5 Å². The molecule has 118 valence electrons. The SMILES string of the molecule is Cc1[nH]nc(S(=O)(=O)N(CCC(C)C)C2CC2)c1C(=O)O. The second-order valence-electron chi connectivity index (χ2n) is 5.86. The van der Waals surface area contributed by atoms with Crippen LogP contribution in [0.4, 0.5) is 0 Å². The maximum atomic E-state index is 12.7. The Bertz CT molecular complexity index is 632. The lowest BCUT2D eigenvalue weighted by Gasteiger charge is -2.21. The lowest BCUT2D eigenvalue weighted by molar-refractivity contribution is 0.0691. The van der Waals surface area contributed by atoms with Gasteiger partial charge in [0.05, 0.1) is 0 Å². The molecule has 1 fully saturated rings. The van der Waals surface area contributed by atoms with Crippen molar-refractivity contribution in [2.24, 2.45) is 5.92 Å². The summed E-state index contributed by atoms with van der Waals surface area (Å²) in [5.41, 5.74) is -0.00845. The van der Waals surface area contributed by atoms with E-state index in [1.807, 2.05) is 13.8 Å². The van der Waals surface area contributed by atoms with Crippen LogP contribution in [0.1, 0.15) is 49.2 Å². The minimum absolute atomic E-state index is 0.0209. The molecule has 0 saturated heterocycles. The number of aromatic amines is 1. The maximum Gasteiger partial charge on any atom is 0.340 e. The van der Waals surface area contributed by atoms with Gasteiger partial charge in [0, 0.05) is 18.3 Å². The molecule has 7 nitrogen and oxygen atoms in total. The number of carboxylic acid groups (broad SMARTS) is 1. The molecule has 0 radical (unpaired) electrons. The molecule has 2 rings (SSSR count). The summed E-state index contributed by atoms with van der Waals surface area (Å²) in [5, 5.41) is 15.0. The number of aryl methyl sites for hydroxylation is 1. The molecule has 0 aliphatic heterocycles. The molecule has 1 aromatic rings. The lowest BCUT2D eigenvalue weighted by atomic mass is 10.1. The molecule has 1 heterocycles. The van der Waals surface area contributed by atoms with Crippen LogP contribution in [0.15, 0.2) is 5.03 Å². The van der Waals surface area contributed by atoms with Gasteiger partial charge in [-0.25, -0.2) is 13.2 Å². The third kappa shape index (κ3) is 3.26. The Morgan fingerprint density at radius 3 is 2.57 bits per heavy atom. The summed E-state index contributed by atoms with van der Waals surface area (Å²) in [7, 11) is -3.88. The van der Waals surface area contributed by atoms with Crippen molar-refractivity contribution < 1.29 is 18.3 Å². The predicted octanol–water partition coefficient (Wildman–Crippen LogP) is 1.62. The number of nitrogens with one attached hydrogen (secondary N) is 1.